The van der Waals surface area contributed by atoms with Crippen LogP contribution in [0.4, 0.5) is 0 Å². The fourth-order valence-electron chi connectivity index (χ4n) is 1.68. The van der Waals surface area contributed by atoms with Gasteiger partial charge in [0, 0.05) is 0 Å². The number of carbonyl (C=O) groups is 1. The maximum Gasteiger partial charge on any atom is 0.361 e. The summed E-state index contributed by atoms with van der Waals surface area (Å²) in [4.78, 5) is 11.5. The average molecular weight is 286 g/mol. The van der Waals surface area contributed by atoms with E-state index in [-0.39, 0.29) is 13.2 Å². The molecule has 0 saturated heterocycles. The Morgan fingerprint density at radius 1 is 1.21 bits per heavy atom. The number of methoxy groups -OCH3 is 1. The second-order valence-electron chi connectivity index (χ2n) is 3.82. The molecular formula is C13H19O5P. The highest BCUT2D eigenvalue weighted by Crippen LogP contribution is 2.46. The van der Waals surface area contributed by atoms with E-state index in [2.05, 4.69) is 4.74 Å². The number of rotatable bonds is 6. The molecule has 0 amide bonds. The molecule has 1 aromatic carbocycles. The fourth-order valence-corrected chi connectivity index (χ4v) is 3.34. The summed E-state index contributed by atoms with van der Waals surface area (Å²) >= 11 is 0. The second kappa shape index (κ2) is 6.85. The zero-order valence-electron chi connectivity index (χ0n) is 11.6. The molecule has 0 radical (unpaired) electrons. The van der Waals surface area contributed by atoms with Gasteiger partial charge in [-0.2, -0.15) is 0 Å². The largest absolute Gasteiger partial charge is 0.465 e. The lowest BCUT2D eigenvalue weighted by molar-refractivity contribution is 0.0600. The third-order valence-electron chi connectivity index (χ3n) is 2.53. The normalized spacial score (nSPS) is 11.4. The van der Waals surface area contributed by atoms with Crippen LogP contribution in [0.3, 0.4) is 0 Å². The van der Waals surface area contributed by atoms with Crippen LogP contribution in [-0.2, 0) is 18.3 Å². The summed E-state index contributed by atoms with van der Waals surface area (Å²) in [6, 6.07) is 4.78. The lowest BCUT2D eigenvalue weighted by Gasteiger charge is -2.18. The summed E-state index contributed by atoms with van der Waals surface area (Å²) in [6.07, 6.45) is 0. The predicted molar refractivity (Wildman–Crippen MR) is 73.0 cm³/mol. The predicted octanol–water partition coefficient (Wildman–Crippen LogP) is 2.67. The highest BCUT2D eigenvalue weighted by atomic mass is 31.2. The minimum atomic E-state index is -3.31. The van der Waals surface area contributed by atoms with Gasteiger partial charge in [0.25, 0.3) is 0 Å². The third-order valence-corrected chi connectivity index (χ3v) is 4.64. The number of ether oxygens (including phenoxy) is 1. The molecule has 0 bridgehead atoms. The smallest absolute Gasteiger partial charge is 0.361 e. The Balaban J connectivity index is 3.17. The number of carbonyl (C=O) groups excluding carboxylic acids is 1. The summed E-state index contributed by atoms with van der Waals surface area (Å²) < 4.78 is 27.7. The molecule has 0 aliphatic rings. The van der Waals surface area contributed by atoms with Gasteiger partial charge in [0.05, 0.1) is 31.2 Å². The molecule has 0 N–H and O–H groups in total. The maximum atomic E-state index is 12.6. The van der Waals surface area contributed by atoms with E-state index in [0.717, 1.165) is 0 Å². The van der Waals surface area contributed by atoms with E-state index >= 15 is 0 Å². The molecule has 0 aromatic heterocycles. The molecule has 0 heterocycles. The van der Waals surface area contributed by atoms with Crippen LogP contribution in [0.2, 0.25) is 0 Å². The van der Waals surface area contributed by atoms with E-state index < -0.39 is 13.6 Å². The Bertz CT molecular complexity index is 488. The number of hydrogen-bond acceptors (Lipinski definition) is 5. The Kier molecular flexibility index (Phi) is 5.73. The maximum absolute atomic E-state index is 12.6. The van der Waals surface area contributed by atoms with Crippen molar-refractivity contribution in [2.24, 2.45) is 0 Å². The highest BCUT2D eigenvalue weighted by Gasteiger charge is 2.27. The Morgan fingerprint density at radius 2 is 1.79 bits per heavy atom. The zero-order chi connectivity index (χ0) is 14.5. The van der Waals surface area contributed by atoms with Gasteiger partial charge in [0.1, 0.15) is 0 Å². The summed E-state index contributed by atoms with van der Waals surface area (Å²) in [6.45, 7) is 5.82. The lowest BCUT2D eigenvalue weighted by Crippen LogP contribution is -2.13. The van der Waals surface area contributed by atoms with Crippen molar-refractivity contribution in [2.75, 3.05) is 20.3 Å². The molecule has 0 atom stereocenters. The van der Waals surface area contributed by atoms with E-state index in [4.69, 9.17) is 9.05 Å². The molecular weight excluding hydrogens is 267 g/mol. The highest BCUT2D eigenvalue weighted by molar-refractivity contribution is 7.62. The van der Waals surface area contributed by atoms with Crippen LogP contribution >= 0.6 is 7.60 Å². The molecule has 0 unspecified atom stereocenters. The molecule has 6 heteroatoms. The lowest BCUT2D eigenvalue weighted by atomic mass is 10.1. The topological polar surface area (TPSA) is 61.8 Å². The molecule has 0 aliphatic heterocycles. The van der Waals surface area contributed by atoms with Crippen molar-refractivity contribution in [2.45, 2.75) is 20.8 Å². The van der Waals surface area contributed by atoms with Crippen LogP contribution in [0.15, 0.2) is 18.2 Å². The van der Waals surface area contributed by atoms with E-state index in [1.807, 2.05) is 0 Å². The Hall–Kier alpha value is -1.16. The van der Waals surface area contributed by atoms with E-state index in [1.54, 1.807) is 39.0 Å². The molecule has 0 fully saturated rings. The fraction of sp³-hybridized carbons (Fsp3) is 0.462. The molecule has 1 aromatic rings. The quantitative estimate of drug-likeness (QED) is 0.594. The third kappa shape index (κ3) is 3.66. The molecule has 0 spiro atoms. The van der Waals surface area contributed by atoms with Gasteiger partial charge >= 0.3 is 13.6 Å². The Labute approximate surface area is 113 Å². The van der Waals surface area contributed by atoms with Gasteiger partial charge in [0.15, 0.2) is 0 Å². The monoisotopic (exact) mass is 286 g/mol. The van der Waals surface area contributed by atoms with Crippen LogP contribution in [0.1, 0.15) is 29.8 Å². The first-order chi connectivity index (χ1) is 8.98. The van der Waals surface area contributed by atoms with Gasteiger partial charge in [-0.1, -0.05) is 0 Å². The minimum absolute atomic E-state index is 0.287. The number of hydrogen-bond donors (Lipinski definition) is 0. The minimum Gasteiger partial charge on any atom is -0.465 e. The summed E-state index contributed by atoms with van der Waals surface area (Å²) in [5.41, 5.74) is 1.11. The molecule has 1 rings (SSSR count). The van der Waals surface area contributed by atoms with Gasteiger partial charge in [-0.15, -0.1) is 0 Å². The molecule has 106 valence electrons. The average Bonchev–Trinajstić information content (AvgIpc) is 2.38. The second-order valence-corrected chi connectivity index (χ2v) is 5.85. The SMILES string of the molecule is CCOP(=O)(OCC)c1ccc(C(=O)OC)c(C)c1. The van der Waals surface area contributed by atoms with Gasteiger partial charge in [-0.3, -0.25) is 4.57 Å². The first kappa shape index (κ1) is 15.9. The number of benzene rings is 1. The van der Waals surface area contributed by atoms with Gasteiger partial charge in [0.2, 0.25) is 0 Å². The molecule has 19 heavy (non-hydrogen) atoms. The van der Waals surface area contributed by atoms with Crippen LogP contribution in [0.25, 0.3) is 0 Å². The van der Waals surface area contributed by atoms with Crippen molar-refractivity contribution >= 4 is 18.9 Å². The van der Waals surface area contributed by atoms with Crippen LogP contribution in [0, 0.1) is 6.92 Å². The standard InChI is InChI=1S/C13H19O5P/c1-5-17-19(15,18-6-2)11-7-8-12(10(3)9-11)13(14)16-4/h7-9H,5-6H2,1-4H3. The van der Waals surface area contributed by atoms with Gasteiger partial charge in [-0.25, -0.2) is 4.79 Å². The zero-order valence-corrected chi connectivity index (χ0v) is 12.5. The van der Waals surface area contributed by atoms with Gasteiger partial charge < -0.3 is 13.8 Å². The van der Waals surface area contributed by atoms with Crippen molar-refractivity contribution in [3.05, 3.63) is 29.3 Å². The summed E-state index contributed by atoms with van der Waals surface area (Å²) in [5.74, 6) is -0.424. The molecule has 0 saturated carbocycles. The van der Waals surface area contributed by atoms with Crippen molar-refractivity contribution in [1.29, 1.82) is 0 Å². The van der Waals surface area contributed by atoms with E-state index in [1.165, 1.54) is 7.11 Å². The van der Waals surface area contributed by atoms with Crippen LogP contribution in [0.5, 0.6) is 0 Å². The first-order valence-corrected chi connectivity index (χ1v) is 7.61. The summed E-state index contributed by atoms with van der Waals surface area (Å²) in [5, 5.41) is 0.446. The van der Waals surface area contributed by atoms with E-state index in [9.17, 15) is 9.36 Å². The number of esters is 1. The van der Waals surface area contributed by atoms with Crippen molar-refractivity contribution in [1.82, 2.24) is 0 Å². The summed E-state index contributed by atoms with van der Waals surface area (Å²) in [7, 11) is -1.99. The van der Waals surface area contributed by atoms with Crippen LogP contribution in [-0.4, -0.2) is 26.3 Å². The Morgan fingerprint density at radius 3 is 2.21 bits per heavy atom. The molecule has 0 aliphatic carbocycles. The van der Waals surface area contributed by atoms with Crippen molar-refractivity contribution in [3.8, 4) is 0 Å². The van der Waals surface area contributed by atoms with Crippen LogP contribution < -0.4 is 5.30 Å². The van der Waals surface area contributed by atoms with Gasteiger partial charge in [-0.05, 0) is 44.5 Å². The van der Waals surface area contributed by atoms with Crippen molar-refractivity contribution < 1.29 is 23.1 Å². The number of aryl methyl sites for hydroxylation is 1. The van der Waals surface area contributed by atoms with Crippen molar-refractivity contribution in [3.63, 3.8) is 0 Å². The molecule has 5 nitrogen and oxygen atoms in total. The first-order valence-electron chi connectivity index (χ1n) is 6.07. The van der Waals surface area contributed by atoms with E-state index in [0.29, 0.717) is 16.4 Å².